The zero-order valence-corrected chi connectivity index (χ0v) is 11.6. The second-order valence-corrected chi connectivity index (χ2v) is 5.55. The van der Waals surface area contributed by atoms with Crippen LogP contribution in [0.4, 0.5) is 0 Å². The van der Waals surface area contributed by atoms with Gasteiger partial charge in [-0.25, -0.2) is 0 Å². The smallest absolute Gasteiger partial charge is 0.102 e. The van der Waals surface area contributed by atoms with Crippen LogP contribution in [0, 0.1) is 11.3 Å². The van der Waals surface area contributed by atoms with Crippen molar-refractivity contribution in [2.45, 2.75) is 0 Å². The number of aromatic nitrogens is 2. The Morgan fingerprint density at radius 3 is 2.18 bits per heavy atom. The van der Waals surface area contributed by atoms with Crippen LogP contribution in [0.1, 0.15) is 5.56 Å². The molecule has 22 heavy (non-hydrogen) atoms. The summed E-state index contributed by atoms with van der Waals surface area (Å²) in [6, 6.07) is 20.8. The zero-order chi connectivity index (χ0) is 14.7. The molecule has 0 radical (unpaired) electrons. The summed E-state index contributed by atoms with van der Waals surface area (Å²) >= 11 is 0. The fourth-order valence-electron chi connectivity index (χ4n) is 3.43. The van der Waals surface area contributed by atoms with Crippen LogP contribution < -0.4 is 0 Å². The van der Waals surface area contributed by atoms with Gasteiger partial charge >= 0.3 is 0 Å². The number of hydrogen-bond acceptors (Lipinski definition) is 1. The Balaban J connectivity index is 2.13. The Bertz CT molecular complexity index is 1230. The Kier molecular flexibility index (Phi) is 2.02. The first kappa shape index (κ1) is 11.4. The third-order valence-electron chi connectivity index (χ3n) is 4.38. The molecule has 5 rings (SSSR count). The van der Waals surface area contributed by atoms with Gasteiger partial charge < -0.3 is 9.97 Å². The van der Waals surface area contributed by atoms with E-state index in [4.69, 9.17) is 0 Å². The average Bonchev–Trinajstić information content (AvgIpc) is 3.11. The number of nitrogens with one attached hydrogen (secondary N) is 2. The number of aromatic amines is 2. The van der Waals surface area contributed by atoms with E-state index in [9.17, 15) is 5.26 Å². The maximum atomic E-state index is 9.75. The molecule has 2 aromatic heterocycles. The summed E-state index contributed by atoms with van der Waals surface area (Å²) in [6.07, 6.45) is 0. The van der Waals surface area contributed by atoms with Crippen molar-refractivity contribution in [2.24, 2.45) is 0 Å². The number of H-pyrrole nitrogens is 2. The number of hydrogen-bond donors (Lipinski definition) is 2. The monoisotopic (exact) mass is 281 g/mol. The summed E-state index contributed by atoms with van der Waals surface area (Å²) in [5.41, 5.74) is 4.76. The molecule has 0 amide bonds. The molecule has 2 N–H and O–H groups in total. The summed E-state index contributed by atoms with van der Waals surface area (Å²) < 4.78 is 0. The number of fused-ring (bicyclic) bond motifs is 6. The van der Waals surface area contributed by atoms with Crippen molar-refractivity contribution < 1.29 is 0 Å². The van der Waals surface area contributed by atoms with E-state index < -0.39 is 0 Å². The lowest BCUT2D eigenvalue weighted by Gasteiger charge is -1.98. The van der Waals surface area contributed by atoms with Gasteiger partial charge in [-0.3, -0.25) is 0 Å². The zero-order valence-electron chi connectivity index (χ0n) is 11.6. The quantitative estimate of drug-likeness (QED) is 0.420. The second-order valence-electron chi connectivity index (χ2n) is 5.55. The SMILES string of the molecule is N#Cc1c2[nH]c3ccccc3c2cc2[nH]c3ccccc3c12. The van der Waals surface area contributed by atoms with Crippen LogP contribution in [0.25, 0.3) is 43.6 Å². The first-order valence-electron chi connectivity index (χ1n) is 7.21. The van der Waals surface area contributed by atoms with Crippen LogP contribution in [0.2, 0.25) is 0 Å². The van der Waals surface area contributed by atoms with Gasteiger partial charge in [0, 0.05) is 38.1 Å². The summed E-state index contributed by atoms with van der Waals surface area (Å²) in [6.45, 7) is 0. The lowest BCUT2D eigenvalue weighted by molar-refractivity contribution is 1.49. The summed E-state index contributed by atoms with van der Waals surface area (Å²) in [5.74, 6) is 0. The van der Waals surface area contributed by atoms with E-state index in [0.717, 1.165) is 43.6 Å². The van der Waals surface area contributed by atoms with Gasteiger partial charge in [-0.05, 0) is 18.2 Å². The number of para-hydroxylation sites is 2. The van der Waals surface area contributed by atoms with Gasteiger partial charge in [-0.15, -0.1) is 0 Å². The van der Waals surface area contributed by atoms with Crippen molar-refractivity contribution in [3.8, 4) is 6.07 Å². The molecule has 3 aromatic carbocycles. The molecule has 0 spiro atoms. The highest BCUT2D eigenvalue weighted by atomic mass is 14.7. The molecule has 0 aliphatic carbocycles. The van der Waals surface area contributed by atoms with Gasteiger partial charge in [0.2, 0.25) is 0 Å². The lowest BCUT2D eigenvalue weighted by atomic mass is 10.0. The lowest BCUT2D eigenvalue weighted by Crippen LogP contribution is -1.81. The molecule has 2 heterocycles. The number of nitrogens with zero attached hydrogens (tertiary/aromatic N) is 1. The van der Waals surface area contributed by atoms with Crippen LogP contribution in [0.5, 0.6) is 0 Å². The van der Waals surface area contributed by atoms with Gasteiger partial charge in [0.25, 0.3) is 0 Å². The number of benzene rings is 3. The predicted molar refractivity (Wildman–Crippen MR) is 89.9 cm³/mol. The van der Waals surface area contributed by atoms with E-state index in [2.05, 4.69) is 34.2 Å². The van der Waals surface area contributed by atoms with E-state index in [1.165, 1.54) is 0 Å². The molecule has 3 nitrogen and oxygen atoms in total. The maximum Gasteiger partial charge on any atom is 0.102 e. The summed E-state index contributed by atoms with van der Waals surface area (Å²) in [7, 11) is 0. The third kappa shape index (κ3) is 1.29. The minimum atomic E-state index is 0.709. The van der Waals surface area contributed by atoms with Crippen molar-refractivity contribution in [1.82, 2.24) is 9.97 Å². The van der Waals surface area contributed by atoms with Crippen molar-refractivity contribution in [2.75, 3.05) is 0 Å². The van der Waals surface area contributed by atoms with Crippen LogP contribution in [0.3, 0.4) is 0 Å². The molecule has 102 valence electrons. The molecule has 5 aromatic rings. The maximum absolute atomic E-state index is 9.75. The Morgan fingerprint density at radius 2 is 1.41 bits per heavy atom. The first-order valence-corrected chi connectivity index (χ1v) is 7.21. The second kappa shape index (κ2) is 3.90. The molecule has 0 aliphatic rings. The fraction of sp³-hybridized carbons (Fsp3) is 0. The fourth-order valence-corrected chi connectivity index (χ4v) is 3.43. The minimum Gasteiger partial charge on any atom is -0.354 e. The highest BCUT2D eigenvalue weighted by Crippen LogP contribution is 2.36. The van der Waals surface area contributed by atoms with E-state index in [1.54, 1.807) is 0 Å². The highest BCUT2D eigenvalue weighted by molar-refractivity contribution is 6.20. The molecular formula is C19H11N3. The van der Waals surface area contributed by atoms with Crippen molar-refractivity contribution in [3.05, 3.63) is 60.2 Å². The highest BCUT2D eigenvalue weighted by Gasteiger charge is 2.15. The summed E-state index contributed by atoms with van der Waals surface area (Å²) in [5, 5.41) is 14.1. The van der Waals surface area contributed by atoms with Crippen LogP contribution >= 0.6 is 0 Å². The molecular weight excluding hydrogens is 270 g/mol. The normalized spacial score (nSPS) is 11.6. The van der Waals surface area contributed by atoms with Crippen LogP contribution in [-0.2, 0) is 0 Å². The topological polar surface area (TPSA) is 55.4 Å². The van der Waals surface area contributed by atoms with Crippen LogP contribution in [0.15, 0.2) is 54.6 Å². The third-order valence-corrected chi connectivity index (χ3v) is 4.38. The van der Waals surface area contributed by atoms with E-state index in [-0.39, 0.29) is 0 Å². The van der Waals surface area contributed by atoms with Crippen molar-refractivity contribution in [3.63, 3.8) is 0 Å². The Hall–Kier alpha value is -3.25. The average molecular weight is 281 g/mol. The molecule has 0 saturated carbocycles. The predicted octanol–water partition coefficient (Wildman–Crippen LogP) is 4.83. The van der Waals surface area contributed by atoms with E-state index >= 15 is 0 Å². The molecule has 3 heteroatoms. The van der Waals surface area contributed by atoms with Crippen molar-refractivity contribution >= 4 is 43.6 Å². The van der Waals surface area contributed by atoms with Gasteiger partial charge in [-0.1, -0.05) is 36.4 Å². The standard InChI is InChI=1S/C19H11N3/c20-10-14-18-12-6-2-4-8-16(12)21-17(18)9-13-11-5-1-3-7-15(11)22-19(13)14/h1-9,21-22H. The van der Waals surface area contributed by atoms with Gasteiger partial charge in [0.15, 0.2) is 0 Å². The molecule has 0 bridgehead atoms. The summed E-state index contributed by atoms with van der Waals surface area (Å²) in [4.78, 5) is 6.84. The van der Waals surface area contributed by atoms with Gasteiger partial charge in [0.1, 0.15) is 6.07 Å². The van der Waals surface area contributed by atoms with Gasteiger partial charge in [-0.2, -0.15) is 5.26 Å². The first-order chi connectivity index (χ1) is 10.9. The molecule has 0 unspecified atom stereocenters. The number of rotatable bonds is 0. The number of nitriles is 1. The molecule has 0 atom stereocenters. The largest absolute Gasteiger partial charge is 0.354 e. The Morgan fingerprint density at radius 1 is 0.727 bits per heavy atom. The Labute approximate surface area is 125 Å². The van der Waals surface area contributed by atoms with E-state index in [0.29, 0.717) is 5.56 Å². The van der Waals surface area contributed by atoms with Crippen molar-refractivity contribution in [1.29, 1.82) is 5.26 Å². The molecule has 0 aliphatic heterocycles. The van der Waals surface area contributed by atoms with Crippen LogP contribution in [-0.4, -0.2) is 9.97 Å². The van der Waals surface area contributed by atoms with E-state index in [1.807, 2.05) is 36.4 Å². The minimum absolute atomic E-state index is 0.709. The van der Waals surface area contributed by atoms with Gasteiger partial charge in [0.05, 0.1) is 11.1 Å². The molecule has 0 saturated heterocycles. The molecule has 0 fully saturated rings.